The van der Waals surface area contributed by atoms with Gasteiger partial charge >= 0.3 is 5.97 Å². The predicted octanol–water partition coefficient (Wildman–Crippen LogP) is 1.27. The minimum atomic E-state index is -1.23. The molecule has 0 unspecified atom stereocenters. The summed E-state index contributed by atoms with van der Waals surface area (Å²) < 4.78 is 10.2. The van der Waals surface area contributed by atoms with Gasteiger partial charge < -0.3 is 19.9 Å². The SMILES string of the molecule is COc1cc(C=C(NC(C)=O)C(=O)O)cc(OC)c1. The summed E-state index contributed by atoms with van der Waals surface area (Å²) in [4.78, 5) is 21.9. The maximum atomic E-state index is 11.0. The largest absolute Gasteiger partial charge is 0.497 e. The summed E-state index contributed by atoms with van der Waals surface area (Å²) in [6, 6.07) is 4.93. The first-order chi connectivity index (χ1) is 8.96. The lowest BCUT2D eigenvalue weighted by molar-refractivity contribution is -0.134. The first-order valence-electron chi connectivity index (χ1n) is 5.42. The summed E-state index contributed by atoms with van der Waals surface area (Å²) in [5, 5.41) is 11.2. The van der Waals surface area contributed by atoms with Crippen molar-refractivity contribution in [3.8, 4) is 11.5 Å². The quantitative estimate of drug-likeness (QED) is 0.783. The van der Waals surface area contributed by atoms with Gasteiger partial charge in [-0.2, -0.15) is 0 Å². The maximum Gasteiger partial charge on any atom is 0.352 e. The van der Waals surface area contributed by atoms with Crippen molar-refractivity contribution < 1.29 is 24.2 Å². The van der Waals surface area contributed by atoms with E-state index >= 15 is 0 Å². The molecule has 0 aliphatic carbocycles. The summed E-state index contributed by atoms with van der Waals surface area (Å²) in [7, 11) is 2.99. The second-order valence-corrected chi connectivity index (χ2v) is 3.69. The molecule has 6 nitrogen and oxygen atoms in total. The molecule has 1 amide bonds. The molecule has 0 saturated carbocycles. The fourth-order valence-corrected chi connectivity index (χ4v) is 1.42. The van der Waals surface area contributed by atoms with Crippen molar-refractivity contribution in [1.29, 1.82) is 0 Å². The molecule has 6 heteroatoms. The molecule has 0 radical (unpaired) electrons. The van der Waals surface area contributed by atoms with Crippen LogP contribution in [0.1, 0.15) is 12.5 Å². The van der Waals surface area contributed by atoms with Crippen molar-refractivity contribution >= 4 is 18.0 Å². The number of carboxylic acid groups (broad SMARTS) is 1. The highest BCUT2D eigenvalue weighted by Gasteiger charge is 2.10. The van der Waals surface area contributed by atoms with Gasteiger partial charge in [-0.05, 0) is 23.8 Å². The van der Waals surface area contributed by atoms with Crippen LogP contribution in [0.2, 0.25) is 0 Å². The second kappa shape index (κ2) is 6.44. The average Bonchev–Trinajstić information content (AvgIpc) is 2.36. The molecule has 0 atom stereocenters. The molecule has 1 aromatic rings. The van der Waals surface area contributed by atoms with Crippen LogP contribution in [-0.2, 0) is 9.59 Å². The van der Waals surface area contributed by atoms with Crippen LogP contribution in [0.5, 0.6) is 11.5 Å². The Morgan fingerprint density at radius 1 is 1.16 bits per heavy atom. The van der Waals surface area contributed by atoms with Gasteiger partial charge in [0, 0.05) is 13.0 Å². The molecular formula is C13H15NO5. The van der Waals surface area contributed by atoms with Gasteiger partial charge in [-0.1, -0.05) is 0 Å². The molecule has 0 heterocycles. The minimum Gasteiger partial charge on any atom is -0.497 e. The van der Waals surface area contributed by atoms with E-state index < -0.39 is 11.9 Å². The first kappa shape index (κ1) is 14.6. The van der Waals surface area contributed by atoms with Gasteiger partial charge in [0.25, 0.3) is 0 Å². The summed E-state index contributed by atoms with van der Waals surface area (Å²) in [6.07, 6.45) is 1.33. The van der Waals surface area contributed by atoms with Crippen molar-refractivity contribution in [3.05, 3.63) is 29.5 Å². The third-order valence-electron chi connectivity index (χ3n) is 2.23. The topological polar surface area (TPSA) is 84.9 Å². The van der Waals surface area contributed by atoms with Crippen LogP contribution >= 0.6 is 0 Å². The lowest BCUT2D eigenvalue weighted by Gasteiger charge is -2.07. The van der Waals surface area contributed by atoms with Crippen molar-refractivity contribution in [1.82, 2.24) is 5.32 Å². The van der Waals surface area contributed by atoms with Crippen molar-refractivity contribution in [3.63, 3.8) is 0 Å². The molecule has 0 spiro atoms. The molecule has 0 aliphatic heterocycles. The Morgan fingerprint density at radius 3 is 2.05 bits per heavy atom. The number of carbonyl (C=O) groups is 2. The molecule has 0 aromatic heterocycles. The van der Waals surface area contributed by atoms with E-state index in [4.69, 9.17) is 14.6 Å². The van der Waals surface area contributed by atoms with E-state index in [1.165, 1.54) is 27.2 Å². The molecule has 102 valence electrons. The number of ether oxygens (including phenoxy) is 2. The van der Waals surface area contributed by atoms with Gasteiger partial charge in [0.1, 0.15) is 17.2 Å². The number of nitrogens with one attached hydrogen (secondary N) is 1. The van der Waals surface area contributed by atoms with E-state index in [-0.39, 0.29) is 5.70 Å². The number of amides is 1. The number of methoxy groups -OCH3 is 2. The molecular weight excluding hydrogens is 250 g/mol. The van der Waals surface area contributed by atoms with Crippen LogP contribution in [0.25, 0.3) is 6.08 Å². The summed E-state index contributed by atoms with van der Waals surface area (Å²) in [5.74, 6) is -0.628. The molecule has 1 rings (SSSR count). The van der Waals surface area contributed by atoms with E-state index in [0.717, 1.165) is 0 Å². The highest BCUT2D eigenvalue weighted by atomic mass is 16.5. The fourth-order valence-electron chi connectivity index (χ4n) is 1.42. The normalized spacial score (nSPS) is 10.8. The lowest BCUT2D eigenvalue weighted by Crippen LogP contribution is -2.24. The smallest absolute Gasteiger partial charge is 0.352 e. The van der Waals surface area contributed by atoms with Crippen LogP contribution in [0.3, 0.4) is 0 Å². The Balaban J connectivity index is 3.19. The highest BCUT2D eigenvalue weighted by molar-refractivity contribution is 5.96. The standard InChI is InChI=1S/C13H15NO5/c1-8(15)14-12(13(16)17)6-9-4-10(18-2)7-11(5-9)19-3/h4-7H,1-3H3,(H,14,15)(H,16,17). The van der Waals surface area contributed by atoms with E-state index in [1.54, 1.807) is 18.2 Å². The fraction of sp³-hybridized carbons (Fsp3) is 0.231. The summed E-state index contributed by atoms with van der Waals surface area (Å²) >= 11 is 0. The highest BCUT2D eigenvalue weighted by Crippen LogP contribution is 2.23. The van der Waals surface area contributed by atoms with Crippen LogP contribution < -0.4 is 14.8 Å². The molecule has 0 fully saturated rings. The van der Waals surface area contributed by atoms with Crippen LogP contribution in [0.4, 0.5) is 0 Å². The molecule has 0 saturated heterocycles. The molecule has 0 aliphatic rings. The Kier molecular flexibility index (Phi) is 4.93. The van der Waals surface area contributed by atoms with Crippen LogP contribution in [0, 0.1) is 0 Å². The number of benzene rings is 1. The Labute approximate surface area is 110 Å². The van der Waals surface area contributed by atoms with Gasteiger partial charge in [-0.25, -0.2) is 4.79 Å². The Hall–Kier alpha value is -2.50. The number of aliphatic carboxylic acids is 1. The minimum absolute atomic E-state index is 0.220. The zero-order valence-electron chi connectivity index (χ0n) is 10.9. The van der Waals surface area contributed by atoms with Crippen LogP contribution in [0.15, 0.2) is 23.9 Å². The molecule has 2 N–H and O–H groups in total. The van der Waals surface area contributed by atoms with Crippen molar-refractivity contribution in [2.75, 3.05) is 14.2 Å². The summed E-state index contributed by atoms with van der Waals surface area (Å²) in [5.41, 5.74) is 0.324. The second-order valence-electron chi connectivity index (χ2n) is 3.69. The van der Waals surface area contributed by atoms with E-state index in [2.05, 4.69) is 5.32 Å². The van der Waals surface area contributed by atoms with Gasteiger partial charge in [0.05, 0.1) is 14.2 Å². The average molecular weight is 265 g/mol. The van der Waals surface area contributed by atoms with Gasteiger partial charge in [-0.3, -0.25) is 4.79 Å². The molecule has 0 bridgehead atoms. The Bertz CT molecular complexity index is 500. The number of rotatable bonds is 5. The molecule has 1 aromatic carbocycles. The number of hydrogen-bond donors (Lipinski definition) is 2. The van der Waals surface area contributed by atoms with E-state index in [1.807, 2.05) is 0 Å². The zero-order chi connectivity index (χ0) is 14.4. The van der Waals surface area contributed by atoms with E-state index in [0.29, 0.717) is 17.1 Å². The van der Waals surface area contributed by atoms with E-state index in [9.17, 15) is 9.59 Å². The summed E-state index contributed by atoms with van der Waals surface area (Å²) in [6.45, 7) is 1.24. The van der Waals surface area contributed by atoms with Gasteiger partial charge in [-0.15, -0.1) is 0 Å². The van der Waals surface area contributed by atoms with Gasteiger partial charge in [0.2, 0.25) is 5.91 Å². The predicted molar refractivity (Wildman–Crippen MR) is 69.0 cm³/mol. The lowest BCUT2D eigenvalue weighted by atomic mass is 10.1. The maximum absolute atomic E-state index is 11.0. The first-order valence-corrected chi connectivity index (χ1v) is 5.42. The van der Waals surface area contributed by atoms with Gasteiger partial charge in [0.15, 0.2) is 0 Å². The van der Waals surface area contributed by atoms with Crippen LogP contribution in [-0.4, -0.2) is 31.2 Å². The Morgan fingerprint density at radius 2 is 1.68 bits per heavy atom. The third kappa shape index (κ3) is 4.34. The zero-order valence-corrected chi connectivity index (χ0v) is 10.9. The molecule has 19 heavy (non-hydrogen) atoms. The number of carbonyl (C=O) groups excluding carboxylic acids is 1. The number of hydrogen-bond acceptors (Lipinski definition) is 4. The van der Waals surface area contributed by atoms with Crippen molar-refractivity contribution in [2.24, 2.45) is 0 Å². The van der Waals surface area contributed by atoms with Crippen molar-refractivity contribution in [2.45, 2.75) is 6.92 Å². The monoisotopic (exact) mass is 265 g/mol. The third-order valence-corrected chi connectivity index (χ3v) is 2.23. The number of carboxylic acids is 1.